The molecule has 1 amide bonds. The van der Waals surface area contributed by atoms with Crippen molar-refractivity contribution in [3.05, 3.63) is 58.3 Å². The second-order valence-electron chi connectivity index (χ2n) is 6.37. The SMILES string of the molecule is Cl.Cl.O=C(CN1CCN(CC(O)c2cccs2)CC1)NCc1ccccc1. The number of carbonyl (C=O) groups is 1. The molecule has 2 heterocycles. The molecule has 1 aromatic heterocycles. The molecule has 8 heteroatoms. The van der Waals surface area contributed by atoms with Crippen LogP contribution in [0.5, 0.6) is 0 Å². The molecule has 2 aromatic rings. The number of hydrogen-bond donors (Lipinski definition) is 2. The summed E-state index contributed by atoms with van der Waals surface area (Å²) in [7, 11) is 0. The van der Waals surface area contributed by atoms with E-state index in [1.165, 1.54) is 0 Å². The first-order valence-corrected chi connectivity index (χ1v) is 9.55. The van der Waals surface area contributed by atoms with Crippen molar-refractivity contribution in [2.75, 3.05) is 39.3 Å². The van der Waals surface area contributed by atoms with Gasteiger partial charge in [-0.05, 0) is 17.0 Å². The smallest absolute Gasteiger partial charge is 0.234 e. The lowest BCUT2D eigenvalue weighted by Gasteiger charge is -2.35. The van der Waals surface area contributed by atoms with Crippen LogP contribution in [0, 0.1) is 0 Å². The highest BCUT2D eigenvalue weighted by atomic mass is 35.5. The minimum absolute atomic E-state index is 0. The van der Waals surface area contributed by atoms with E-state index in [-0.39, 0.29) is 30.7 Å². The van der Waals surface area contributed by atoms with Gasteiger partial charge in [0.2, 0.25) is 5.91 Å². The Morgan fingerprint density at radius 1 is 1.04 bits per heavy atom. The number of carbonyl (C=O) groups excluding carboxylic acids is 1. The molecule has 1 unspecified atom stereocenters. The average Bonchev–Trinajstić information content (AvgIpc) is 3.17. The van der Waals surface area contributed by atoms with E-state index in [1.54, 1.807) is 11.3 Å². The quantitative estimate of drug-likeness (QED) is 0.706. The summed E-state index contributed by atoms with van der Waals surface area (Å²) in [6.07, 6.45) is -0.416. The average molecular weight is 432 g/mol. The number of nitrogens with zero attached hydrogens (tertiary/aromatic N) is 2. The number of nitrogens with one attached hydrogen (secondary N) is 1. The van der Waals surface area contributed by atoms with Gasteiger partial charge in [-0.25, -0.2) is 0 Å². The van der Waals surface area contributed by atoms with Crippen molar-refractivity contribution in [2.45, 2.75) is 12.6 Å². The van der Waals surface area contributed by atoms with Crippen LogP contribution in [-0.2, 0) is 11.3 Å². The zero-order chi connectivity index (χ0) is 17.5. The molecular weight excluding hydrogens is 405 g/mol. The zero-order valence-corrected chi connectivity index (χ0v) is 17.6. The van der Waals surface area contributed by atoms with Crippen molar-refractivity contribution in [2.24, 2.45) is 0 Å². The van der Waals surface area contributed by atoms with Gasteiger partial charge in [0, 0.05) is 44.1 Å². The molecule has 1 atom stereocenters. The Morgan fingerprint density at radius 2 is 1.70 bits per heavy atom. The molecule has 1 fully saturated rings. The standard InChI is InChI=1S/C19H25N3O2S.2ClH/c23-17(18-7-4-12-25-18)14-21-8-10-22(11-9-21)15-19(24)20-13-16-5-2-1-3-6-16;;/h1-7,12,17,23H,8-11,13-15H2,(H,20,24);2*1H. The Hall–Kier alpha value is -1.15. The number of aliphatic hydroxyl groups excluding tert-OH is 1. The summed E-state index contributed by atoms with van der Waals surface area (Å²) in [5.74, 6) is 0.0657. The van der Waals surface area contributed by atoms with Crippen LogP contribution in [0.25, 0.3) is 0 Å². The van der Waals surface area contributed by atoms with Crippen LogP contribution in [0.3, 0.4) is 0 Å². The van der Waals surface area contributed by atoms with Crippen molar-refractivity contribution in [1.82, 2.24) is 15.1 Å². The van der Waals surface area contributed by atoms with E-state index in [0.717, 1.165) is 36.6 Å². The first-order valence-electron chi connectivity index (χ1n) is 8.67. The van der Waals surface area contributed by atoms with Crippen molar-refractivity contribution < 1.29 is 9.90 Å². The van der Waals surface area contributed by atoms with Gasteiger partial charge < -0.3 is 10.4 Å². The summed E-state index contributed by atoms with van der Waals surface area (Å²) in [6.45, 7) is 5.16. The van der Waals surface area contributed by atoms with E-state index in [9.17, 15) is 9.90 Å². The van der Waals surface area contributed by atoms with E-state index in [0.29, 0.717) is 19.6 Å². The number of amides is 1. The Labute approximate surface area is 177 Å². The summed E-state index contributed by atoms with van der Waals surface area (Å²) in [6, 6.07) is 13.9. The normalized spacial score (nSPS) is 16.0. The third-order valence-electron chi connectivity index (χ3n) is 4.47. The molecule has 0 bridgehead atoms. The van der Waals surface area contributed by atoms with E-state index >= 15 is 0 Å². The summed E-state index contributed by atoms with van der Waals surface area (Å²) in [5, 5.41) is 15.2. The van der Waals surface area contributed by atoms with Crippen LogP contribution >= 0.6 is 36.2 Å². The predicted molar refractivity (Wildman–Crippen MR) is 115 cm³/mol. The first kappa shape index (κ1) is 23.9. The molecule has 3 rings (SSSR count). The number of β-amino-alcohol motifs (C(OH)–C–C–N with tert-alkyl or cyclic N) is 1. The first-order chi connectivity index (χ1) is 12.2. The van der Waals surface area contributed by atoms with Gasteiger partial charge in [0.25, 0.3) is 0 Å². The van der Waals surface area contributed by atoms with Crippen LogP contribution in [-0.4, -0.2) is 60.1 Å². The number of piperazine rings is 1. The number of thiophene rings is 1. The van der Waals surface area contributed by atoms with E-state index in [1.807, 2.05) is 47.8 Å². The third-order valence-corrected chi connectivity index (χ3v) is 5.44. The molecule has 0 spiro atoms. The molecule has 1 saturated heterocycles. The van der Waals surface area contributed by atoms with Gasteiger partial charge in [-0.1, -0.05) is 36.4 Å². The van der Waals surface area contributed by atoms with Crippen LogP contribution in [0.4, 0.5) is 0 Å². The van der Waals surface area contributed by atoms with Gasteiger partial charge in [-0.15, -0.1) is 36.2 Å². The molecule has 150 valence electrons. The van der Waals surface area contributed by atoms with Crippen molar-refractivity contribution in [3.8, 4) is 0 Å². The summed E-state index contributed by atoms with van der Waals surface area (Å²) in [4.78, 5) is 17.6. The maximum atomic E-state index is 12.1. The van der Waals surface area contributed by atoms with Crippen LogP contribution in [0.15, 0.2) is 47.8 Å². The van der Waals surface area contributed by atoms with Gasteiger partial charge in [-0.2, -0.15) is 0 Å². The van der Waals surface area contributed by atoms with Gasteiger partial charge in [-0.3, -0.25) is 14.6 Å². The van der Waals surface area contributed by atoms with Crippen molar-refractivity contribution in [1.29, 1.82) is 0 Å². The second-order valence-corrected chi connectivity index (χ2v) is 7.35. The Kier molecular flexibility index (Phi) is 10.9. The lowest BCUT2D eigenvalue weighted by atomic mass is 10.2. The molecule has 1 aliphatic heterocycles. The minimum atomic E-state index is -0.416. The maximum Gasteiger partial charge on any atom is 0.234 e. The predicted octanol–water partition coefficient (Wildman–Crippen LogP) is 2.56. The summed E-state index contributed by atoms with van der Waals surface area (Å²) in [5.41, 5.74) is 1.11. The largest absolute Gasteiger partial charge is 0.386 e. The Bertz CT molecular complexity index is 650. The molecule has 0 aliphatic carbocycles. The van der Waals surface area contributed by atoms with Crippen LogP contribution < -0.4 is 5.32 Å². The number of rotatable bonds is 7. The van der Waals surface area contributed by atoms with Gasteiger partial charge in [0.05, 0.1) is 6.54 Å². The number of halogens is 2. The van der Waals surface area contributed by atoms with E-state index < -0.39 is 6.10 Å². The molecule has 27 heavy (non-hydrogen) atoms. The Balaban J connectivity index is 0.00000182. The fourth-order valence-corrected chi connectivity index (χ4v) is 3.70. The molecule has 5 nitrogen and oxygen atoms in total. The van der Waals surface area contributed by atoms with Crippen molar-refractivity contribution >= 4 is 42.1 Å². The van der Waals surface area contributed by atoms with E-state index in [2.05, 4.69) is 15.1 Å². The lowest BCUT2D eigenvalue weighted by molar-refractivity contribution is -0.122. The lowest BCUT2D eigenvalue weighted by Crippen LogP contribution is -2.50. The highest BCUT2D eigenvalue weighted by Gasteiger charge is 2.21. The van der Waals surface area contributed by atoms with Gasteiger partial charge >= 0.3 is 0 Å². The van der Waals surface area contributed by atoms with E-state index in [4.69, 9.17) is 0 Å². The van der Waals surface area contributed by atoms with Crippen LogP contribution in [0.1, 0.15) is 16.5 Å². The van der Waals surface area contributed by atoms with Crippen molar-refractivity contribution in [3.63, 3.8) is 0 Å². The molecule has 2 N–H and O–H groups in total. The number of benzene rings is 1. The second kappa shape index (κ2) is 12.3. The maximum absolute atomic E-state index is 12.1. The Morgan fingerprint density at radius 3 is 2.33 bits per heavy atom. The highest BCUT2D eigenvalue weighted by Crippen LogP contribution is 2.20. The highest BCUT2D eigenvalue weighted by molar-refractivity contribution is 7.10. The third kappa shape index (κ3) is 7.78. The number of hydrogen-bond acceptors (Lipinski definition) is 5. The van der Waals surface area contributed by atoms with Gasteiger partial charge in [0.15, 0.2) is 0 Å². The molecule has 1 aliphatic rings. The summed E-state index contributed by atoms with van der Waals surface area (Å²) < 4.78 is 0. The summed E-state index contributed by atoms with van der Waals surface area (Å²) >= 11 is 1.59. The van der Waals surface area contributed by atoms with Crippen LogP contribution in [0.2, 0.25) is 0 Å². The molecular formula is C19H27Cl2N3O2S. The zero-order valence-electron chi connectivity index (χ0n) is 15.1. The van der Waals surface area contributed by atoms with Gasteiger partial charge in [0.1, 0.15) is 6.10 Å². The minimum Gasteiger partial charge on any atom is -0.386 e. The molecule has 0 radical (unpaired) electrons. The fraction of sp³-hybridized carbons (Fsp3) is 0.421. The fourth-order valence-electron chi connectivity index (χ4n) is 3.00. The topological polar surface area (TPSA) is 55.8 Å². The molecule has 1 aromatic carbocycles. The monoisotopic (exact) mass is 431 g/mol. The number of aliphatic hydroxyl groups is 1. The molecule has 0 saturated carbocycles.